The Hall–Kier alpha value is -0.769. The molecule has 0 spiro atoms. The molecule has 0 radical (unpaired) electrons. The van der Waals surface area contributed by atoms with Gasteiger partial charge in [0.25, 0.3) is 0 Å². The van der Waals surface area contributed by atoms with Crippen LogP contribution in [0.25, 0.3) is 10.0 Å². The molecule has 0 aliphatic rings. The van der Waals surface area contributed by atoms with Crippen molar-refractivity contribution in [3.63, 3.8) is 0 Å². The molecule has 0 aliphatic carbocycles. The Morgan fingerprint density at radius 3 is 1.10 bits per heavy atom. The quantitative estimate of drug-likeness (QED) is 0.358. The number of hydrogen-bond donors (Lipinski definition) is 1. The van der Waals surface area contributed by atoms with Crippen molar-refractivity contribution >= 4 is 26.6 Å². The second kappa shape index (κ2) is 30.9. The summed E-state index contributed by atoms with van der Waals surface area (Å²) in [4.78, 5) is 0. The van der Waals surface area contributed by atoms with Crippen LogP contribution in [0.4, 0.5) is 0 Å². The van der Waals surface area contributed by atoms with Crippen LogP contribution < -0.4 is 0 Å². The third-order valence-corrected chi connectivity index (χ3v) is 2.01. The lowest BCUT2D eigenvalue weighted by atomic mass is 11.0. The molecule has 1 N–H and O–H groups in total. The standard InChI is InChI=1S/2C4H9NSi.C2H6.CH6Si.2CH4.HN2/c1-6(2,3)4-5;1-5-6(2,3)4;2*1-2;;;1-2/h1-3H3;2-4H3;2*1-2H3;2*1H4;1H/q;;;;;;-1. The number of nitrogens with zero attached hydrogens (tertiary/aromatic N) is 3. The lowest BCUT2D eigenvalue weighted by molar-refractivity contribution is 1.49. The molecule has 7 heteroatoms. The van der Waals surface area contributed by atoms with Crippen LogP contribution in [0.1, 0.15) is 28.7 Å². The molecule has 124 valence electrons. The lowest BCUT2D eigenvalue weighted by Crippen LogP contribution is -2.15. The topological polar surface area (TPSA) is 74.3 Å². The van der Waals surface area contributed by atoms with Gasteiger partial charge < -0.3 is 15.6 Å². The Labute approximate surface area is 134 Å². The highest BCUT2D eigenvalue weighted by Crippen LogP contribution is 1.98. The Balaban J connectivity index is -0.0000000229. The van der Waals surface area contributed by atoms with Crippen LogP contribution in [-0.4, -0.2) is 26.6 Å². The fourth-order valence-corrected chi connectivity index (χ4v) is 0. The first-order valence-corrected chi connectivity index (χ1v) is 15.1. The molecule has 0 amide bonds. The van der Waals surface area contributed by atoms with Crippen LogP contribution in [0, 0.1) is 23.1 Å². The van der Waals surface area contributed by atoms with Crippen LogP contribution in [0.15, 0.2) is 0 Å². The van der Waals surface area contributed by atoms with Crippen LogP contribution in [-0.2, 0) is 0 Å². The van der Waals surface area contributed by atoms with Crippen molar-refractivity contribution in [2.24, 2.45) is 0 Å². The first-order valence-electron chi connectivity index (χ1n) is 6.14. The number of rotatable bonds is 0. The lowest BCUT2D eigenvalue weighted by Gasteiger charge is -1.96. The van der Waals surface area contributed by atoms with Crippen molar-refractivity contribution in [3.8, 4) is 5.69 Å². The summed E-state index contributed by atoms with van der Waals surface area (Å²) >= 11 is 0. The largest absolute Gasteiger partial charge is 0.715 e. The van der Waals surface area contributed by atoms with Gasteiger partial charge in [-0.2, -0.15) is 0 Å². The molecule has 0 unspecified atom stereocenters. The van der Waals surface area contributed by atoms with E-state index < -0.39 is 16.3 Å². The van der Waals surface area contributed by atoms with E-state index in [0.29, 0.717) is 0 Å². The first kappa shape index (κ1) is 42.7. The summed E-state index contributed by atoms with van der Waals surface area (Å²) in [5.41, 5.74) is 13.2. The maximum absolute atomic E-state index is 8.21. The van der Waals surface area contributed by atoms with Crippen molar-refractivity contribution in [1.29, 1.82) is 10.8 Å². The molecule has 0 aromatic carbocycles. The predicted molar refractivity (Wildman–Crippen MR) is 106 cm³/mol. The summed E-state index contributed by atoms with van der Waals surface area (Å²) < 4.78 is 3.41. The molecule has 0 aliphatic heterocycles. The Bertz CT molecular complexity index is 196. The van der Waals surface area contributed by atoms with Crippen molar-refractivity contribution < 1.29 is 0 Å². The maximum Gasteiger partial charge on any atom is 0.433 e. The second-order valence-electron chi connectivity index (χ2n) is 4.64. The smallest absolute Gasteiger partial charge is 0.433 e. The third-order valence-electron chi connectivity index (χ3n) is 0.671. The Morgan fingerprint density at radius 2 is 1.10 bits per heavy atom. The molecular weight excluding hydrogens is 296 g/mol. The fraction of sp³-hybridized carbons (Fsp3) is 0.846. The second-order valence-corrected chi connectivity index (χ2v) is 13.9. The highest BCUT2D eigenvalue weighted by Gasteiger charge is 2.20. The number of nitrogens with one attached hydrogen (secondary N) is 1. The average molecular weight is 336 g/mol. The number of hydrogen-bond acceptors (Lipinski definition) is 2. The first-order chi connectivity index (χ1) is 8.12. The summed E-state index contributed by atoms with van der Waals surface area (Å²) in [6.45, 7) is 24.8. The van der Waals surface area contributed by atoms with Crippen molar-refractivity contribution in [3.05, 3.63) is 16.6 Å². The van der Waals surface area contributed by atoms with Crippen LogP contribution in [0.5, 0.6) is 0 Å². The highest BCUT2D eigenvalue weighted by atomic mass is 28.3. The molecule has 0 aromatic rings. The predicted octanol–water partition coefficient (Wildman–Crippen LogP) is 5.41. The normalized spacial score (nSPS) is 7.15. The van der Waals surface area contributed by atoms with E-state index in [4.69, 9.17) is 22.9 Å². The van der Waals surface area contributed by atoms with Gasteiger partial charge >= 0.3 is 8.24 Å². The van der Waals surface area contributed by atoms with Gasteiger partial charge in [-0.05, 0) is 10.2 Å². The van der Waals surface area contributed by atoms with E-state index in [0.717, 1.165) is 0 Å². The van der Waals surface area contributed by atoms with E-state index in [9.17, 15) is 0 Å². The van der Waals surface area contributed by atoms with Gasteiger partial charge in [-0.15, -0.1) is 0 Å². The minimum absolute atomic E-state index is 0. The average Bonchev–Trinajstić information content (AvgIpc) is 2.36. The molecule has 0 atom stereocenters. The van der Waals surface area contributed by atoms with Gasteiger partial charge in [0.2, 0.25) is 0 Å². The molecule has 0 bridgehead atoms. The van der Waals surface area contributed by atoms with Gasteiger partial charge in [0.05, 0.1) is 0 Å². The third kappa shape index (κ3) is 166. The molecule has 0 heterocycles. The molecular formula is C13H39N4Si3-. The van der Waals surface area contributed by atoms with Gasteiger partial charge in [-0.3, -0.25) is 6.57 Å². The van der Waals surface area contributed by atoms with E-state index in [1.807, 2.05) is 53.1 Å². The van der Waals surface area contributed by atoms with E-state index in [1.165, 1.54) is 10.2 Å². The van der Waals surface area contributed by atoms with E-state index in [1.54, 1.807) is 0 Å². The minimum atomic E-state index is -1.34. The summed E-state index contributed by atoms with van der Waals surface area (Å²) in [5, 5.41) is 8.21. The summed E-state index contributed by atoms with van der Waals surface area (Å²) in [6.07, 6.45) is 0. The molecule has 20 heavy (non-hydrogen) atoms. The van der Waals surface area contributed by atoms with Crippen LogP contribution >= 0.6 is 0 Å². The summed E-state index contributed by atoms with van der Waals surface area (Å²) in [6, 6.07) is 0. The van der Waals surface area contributed by atoms with Gasteiger partial charge in [0.15, 0.2) is 8.07 Å². The Morgan fingerprint density at radius 1 is 1.00 bits per heavy atom. The molecule has 0 aromatic heterocycles. The molecule has 0 saturated carbocycles. The van der Waals surface area contributed by atoms with Crippen molar-refractivity contribution in [2.45, 2.75) is 74.5 Å². The maximum atomic E-state index is 8.21. The Kier molecular flexibility index (Phi) is 66.1. The van der Waals surface area contributed by atoms with Crippen molar-refractivity contribution in [1.82, 2.24) is 0 Å². The molecule has 0 rings (SSSR count). The van der Waals surface area contributed by atoms with E-state index in [2.05, 4.69) is 16.8 Å². The zero-order chi connectivity index (χ0) is 16.4. The molecule has 0 fully saturated rings. The van der Waals surface area contributed by atoms with E-state index in [-0.39, 0.29) is 14.9 Å². The van der Waals surface area contributed by atoms with E-state index >= 15 is 0 Å². The van der Waals surface area contributed by atoms with Gasteiger partial charge in [-0.25, -0.2) is 5.26 Å². The summed E-state index contributed by atoms with van der Waals surface area (Å²) in [7, 11) is -1.36. The van der Waals surface area contributed by atoms with Crippen LogP contribution in [0.2, 0.25) is 45.8 Å². The highest BCUT2D eigenvalue weighted by molar-refractivity contribution is 6.83. The monoisotopic (exact) mass is 335 g/mol. The molecule has 0 saturated heterocycles. The fourth-order valence-electron chi connectivity index (χ4n) is 0. The van der Waals surface area contributed by atoms with Crippen molar-refractivity contribution in [2.75, 3.05) is 0 Å². The number of nitriles is 1. The molecule has 4 nitrogen and oxygen atoms in total. The minimum Gasteiger partial charge on any atom is -0.715 e. The zero-order valence-corrected chi connectivity index (χ0v) is 17.8. The zero-order valence-electron chi connectivity index (χ0n) is 13.8. The van der Waals surface area contributed by atoms with Gasteiger partial charge in [0, 0.05) is 25.3 Å². The SMILES string of the molecule is C.C.CC.C[SiH3].C[Si](C)(C)C#N.[C-]#[N+][Si](C)(C)C.[N-]=N. The van der Waals surface area contributed by atoms with Crippen LogP contribution in [0.3, 0.4) is 0 Å². The summed E-state index contributed by atoms with van der Waals surface area (Å²) in [5.74, 6) is 0. The van der Waals surface area contributed by atoms with Gasteiger partial charge in [0.1, 0.15) is 0 Å². The van der Waals surface area contributed by atoms with Gasteiger partial charge in [-0.1, -0.05) is 54.9 Å².